The van der Waals surface area contributed by atoms with E-state index in [4.69, 9.17) is 4.74 Å². The fourth-order valence-electron chi connectivity index (χ4n) is 2.52. The van der Waals surface area contributed by atoms with Crippen molar-refractivity contribution in [1.82, 2.24) is 15.3 Å². The van der Waals surface area contributed by atoms with Gasteiger partial charge >= 0.3 is 0 Å². The second kappa shape index (κ2) is 8.68. The number of aromatic nitrogens is 2. The zero-order chi connectivity index (χ0) is 19.2. The van der Waals surface area contributed by atoms with E-state index in [0.29, 0.717) is 24.0 Å². The van der Waals surface area contributed by atoms with Gasteiger partial charge in [-0.05, 0) is 55.4 Å². The molecule has 1 aromatic carbocycles. The quantitative estimate of drug-likeness (QED) is 0.734. The molecule has 1 aliphatic rings. The van der Waals surface area contributed by atoms with E-state index in [0.717, 1.165) is 23.1 Å². The van der Waals surface area contributed by atoms with Gasteiger partial charge in [0, 0.05) is 18.4 Å². The van der Waals surface area contributed by atoms with E-state index in [-0.39, 0.29) is 17.2 Å². The van der Waals surface area contributed by atoms with Crippen LogP contribution >= 0.6 is 11.8 Å². The van der Waals surface area contributed by atoms with Crippen molar-refractivity contribution in [2.45, 2.75) is 19.9 Å². The summed E-state index contributed by atoms with van der Waals surface area (Å²) >= 11 is 0.903. The second-order valence-corrected chi connectivity index (χ2v) is 7.12. The van der Waals surface area contributed by atoms with Crippen LogP contribution in [0.1, 0.15) is 19.4 Å². The highest BCUT2D eigenvalue weighted by Crippen LogP contribution is 2.26. The molecule has 3 rings (SSSR count). The van der Waals surface area contributed by atoms with Crippen LogP contribution in [0.4, 0.5) is 10.7 Å². The molecule has 1 fully saturated rings. The summed E-state index contributed by atoms with van der Waals surface area (Å²) in [7, 11) is 0. The minimum atomic E-state index is -0.359. The first kappa shape index (κ1) is 18.9. The van der Waals surface area contributed by atoms with Crippen molar-refractivity contribution in [3.05, 3.63) is 53.2 Å². The SMILES string of the molecule is CC(C)N(CCOc1ccc(/C=C2/SC(=O)NC2=O)cc1)c1ncccn1. The average molecular weight is 384 g/mol. The molecule has 27 heavy (non-hydrogen) atoms. The Hall–Kier alpha value is -2.87. The lowest BCUT2D eigenvalue weighted by Crippen LogP contribution is -2.35. The molecule has 0 bridgehead atoms. The summed E-state index contributed by atoms with van der Waals surface area (Å²) in [5.74, 6) is 1.05. The van der Waals surface area contributed by atoms with Crippen LogP contribution in [0.2, 0.25) is 0 Å². The van der Waals surface area contributed by atoms with Crippen LogP contribution in [0.25, 0.3) is 6.08 Å². The lowest BCUT2D eigenvalue weighted by atomic mass is 10.2. The van der Waals surface area contributed by atoms with Crippen molar-refractivity contribution in [2.24, 2.45) is 0 Å². The highest BCUT2D eigenvalue weighted by molar-refractivity contribution is 8.18. The molecular weight excluding hydrogens is 364 g/mol. The lowest BCUT2D eigenvalue weighted by molar-refractivity contribution is -0.115. The molecule has 0 spiro atoms. The number of benzene rings is 1. The Morgan fingerprint density at radius 1 is 1.19 bits per heavy atom. The number of rotatable bonds is 7. The summed E-state index contributed by atoms with van der Waals surface area (Å²) in [6.07, 6.45) is 5.13. The molecule has 2 amide bonds. The lowest BCUT2D eigenvalue weighted by Gasteiger charge is -2.26. The van der Waals surface area contributed by atoms with E-state index in [1.807, 2.05) is 24.3 Å². The highest BCUT2D eigenvalue weighted by atomic mass is 32.2. The number of imide groups is 1. The number of amides is 2. The van der Waals surface area contributed by atoms with E-state index >= 15 is 0 Å². The third kappa shape index (κ3) is 5.07. The van der Waals surface area contributed by atoms with E-state index in [9.17, 15) is 9.59 Å². The Morgan fingerprint density at radius 2 is 1.89 bits per heavy atom. The Morgan fingerprint density at radius 3 is 2.48 bits per heavy atom. The summed E-state index contributed by atoms with van der Waals surface area (Å²) in [5.41, 5.74) is 0.830. The molecule has 0 saturated carbocycles. The van der Waals surface area contributed by atoms with Gasteiger partial charge in [-0.3, -0.25) is 14.9 Å². The molecule has 1 aliphatic heterocycles. The molecular formula is C19H20N4O3S. The number of nitrogens with zero attached hydrogens (tertiary/aromatic N) is 3. The monoisotopic (exact) mass is 384 g/mol. The Labute approximate surface area is 161 Å². The van der Waals surface area contributed by atoms with Crippen molar-refractivity contribution in [3.63, 3.8) is 0 Å². The molecule has 140 valence electrons. The van der Waals surface area contributed by atoms with Crippen molar-refractivity contribution in [2.75, 3.05) is 18.1 Å². The maximum Gasteiger partial charge on any atom is 0.290 e. The third-order valence-electron chi connectivity index (χ3n) is 3.85. The van der Waals surface area contributed by atoms with E-state index in [2.05, 4.69) is 34.0 Å². The van der Waals surface area contributed by atoms with Gasteiger partial charge in [-0.15, -0.1) is 0 Å². The first-order valence-electron chi connectivity index (χ1n) is 8.54. The van der Waals surface area contributed by atoms with Crippen molar-refractivity contribution < 1.29 is 14.3 Å². The fourth-order valence-corrected chi connectivity index (χ4v) is 3.21. The maximum absolute atomic E-state index is 11.6. The molecule has 2 heterocycles. The largest absolute Gasteiger partial charge is 0.492 e. The molecule has 2 aromatic rings. The van der Waals surface area contributed by atoms with Crippen LogP contribution in [-0.2, 0) is 4.79 Å². The number of hydrogen-bond acceptors (Lipinski definition) is 7. The van der Waals surface area contributed by atoms with Crippen molar-refractivity contribution in [1.29, 1.82) is 0 Å². The molecule has 0 unspecified atom stereocenters. The number of nitrogens with one attached hydrogen (secondary N) is 1. The number of carbonyl (C=O) groups excluding carboxylic acids is 2. The average Bonchev–Trinajstić information content (AvgIpc) is 2.97. The maximum atomic E-state index is 11.6. The zero-order valence-electron chi connectivity index (χ0n) is 15.1. The second-order valence-electron chi connectivity index (χ2n) is 6.11. The van der Waals surface area contributed by atoms with Crippen molar-refractivity contribution >= 4 is 34.9 Å². The van der Waals surface area contributed by atoms with Crippen LogP contribution < -0.4 is 15.0 Å². The van der Waals surface area contributed by atoms with Gasteiger partial charge in [0.1, 0.15) is 12.4 Å². The summed E-state index contributed by atoms with van der Waals surface area (Å²) in [4.78, 5) is 33.8. The Bertz CT molecular complexity index is 838. The van der Waals surface area contributed by atoms with Gasteiger partial charge in [0.2, 0.25) is 5.95 Å². The first-order chi connectivity index (χ1) is 13.0. The van der Waals surface area contributed by atoms with Gasteiger partial charge in [0.25, 0.3) is 11.1 Å². The number of thioether (sulfide) groups is 1. The molecule has 1 N–H and O–H groups in total. The summed E-state index contributed by atoms with van der Waals surface area (Å²) in [6.45, 7) is 5.32. The summed E-state index contributed by atoms with van der Waals surface area (Å²) in [6, 6.07) is 9.41. The molecule has 0 radical (unpaired) electrons. The van der Waals surface area contributed by atoms with Crippen LogP contribution in [-0.4, -0.2) is 40.3 Å². The molecule has 0 atom stereocenters. The van der Waals surface area contributed by atoms with E-state index < -0.39 is 0 Å². The van der Waals surface area contributed by atoms with Crippen LogP contribution in [0.15, 0.2) is 47.6 Å². The molecule has 1 saturated heterocycles. The van der Waals surface area contributed by atoms with Gasteiger partial charge in [-0.2, -0.15) is 0 Å². The number of ether oxygens (including phenoxy) is 1. The summed E-state index contributed by atoms with van der Waals surface area (Å²) < 4.78 is 5.81. The van der Waals surface area contributed by atoms with Gasteiger partial charge < -0.3 is 9.64 Å². The summed E-state index contributed by atoms with van der Waals surface area (Å²) in [5, 5.41) is 1.89. The number of anilines is 1. The molecule has 0 aliphatic carbocycles. The normalized spacial score (nSPS) is 15.3. The predicted molar refractivity (Wildman–Crippen MR) is 106 cm³/mol. The van der Waals surface area contributed by atoms with Gasteiger partial charge in [0.15, 0.2) is 0 Å². The van der Waals surface area contributed by atoms with Gasteiger partial charge in [-0.1, -0.05) is 12.1 Å². The van der Waals surface area contributed by atoms with Crippen LogP contribution in [0.5, 0.6) is 5.75 Å². The van der Waals surface area contributed by atoms with Gasteiger partial charge in [-0.25, -0.2) is 9.97 Å². The molecule has 7 nitrogen and oxygen atoms in total. The number of carbonyl (C=O) groups is 2. The fraction of sp³-hybridized carbons (Fsp3) is 0.263. The highest BCUT2D eigenvalue weighted by Gasteiger charge is 2.24. The van der Waals surface area contributed by atoms with E-state index in [1.165, 1.54) is 0 Å². The standard InChI is InChI=1S/C19H20N4O3S/c1-13(2)23(18-20-8-3-9-21-18)10-11-26-15-6-4-14(5-7-15)12-16-17(24)22-19(25)27-16/h3-9,12-13H,10-11H2,1-2H3,(H,22,24,25)/b16-12+. The van der Waals surface area contributed by atoms with Gasteiger partial charge in [0.05, 0.1) is 11.4 Å². The Kier molecular flexibility index (Phi) is 6.08. The third-order valence-corrected chi connectivity index (χ3v) is 4.66. The zero-order valence-corrected chi connectivity index (χ0v) is 15.9. The van der Waals surface area contributed by atoms with Crippen LogP contribution in [0.3, 0.4) is 0 Å². The minimum Gasteiger partial charge on any atom is -0.492 e. The molecule has 8 heteroatoms. The number of hydrogen-bond donors (Lipinski definition) is 1. The predicted octanol–water partition coefficient (Wildman–Crippen LogP) is 3.09. The van der Waals surface area contributed by atoms with Crippen LogP contribution in [0, 0.1) is 0 Å². The smallest absolute Gasteiger partial charge is 0.290 e. The van der Waals surface area contributed by atoms with E-state index in [1.54, 1.807) is 24.5 Å². The Balaban J connectivity index is 1.56. The first-order valence-corrected chi connectivity index (χ1v) is 9.36. The topological polar surface area (TPSA) is 84.4 Å². The van der Waals surface area contributed by atoms with Crippen molar-refractivity contribution in [3.8, 4) is 5.75 Å². The molecule has 1 aromatic heterocycles. The minimum absolute atomic E-state index is 0.253.